The van der Waals surface area contributed by atoms with Gasteiger partial charge in [0.05, 0.1) is 5.92 Å². The first-order valence-corrected chi connectivity index (χ1v) is 9.25. The second kappa shape index (κ2) is 7.72. The van der Waals surface area contributed by atoms with Crippen LogP contribution in [0.2, 0.25) is 0 Å². The van der Waals surface area contributed by atoms with E-state index in [0.29, 0.717) is 0 Å². The summed E-state index contributed by atoms with van der Waals surface area (Å²) in [6, 6.07) is 22.2. The zero-order valence-electron chi connectivity index (χ0n) is 15.4. The highest BCUT2D eigenvalue weighted by molar-refractivity contribution is 5.94. The molecule has 1 fully saturated rings. The highest BCUT2D eigenvalue weighted by Crippen LogP contribution is 2.33. The van der Waals surface area contributed by atoms with Gasteiger partial charge in [-0.05, 0) is 36.4 Å². The van der Waals surface area contributed by atoms with Crippen LogP contribution in [0.25, 0.3) is 11.1 Å². The molecular weight excluding hydrogens is 334 g/mol. The molecule has 27 heavy (non-hydrogen) atoms. The lowest BCUT2D eigenvalue weighted by molar-refractivity contribution is -0.119. The summed E-state index contributed by atoms with van der Waals surface area (Å²) >= 11 is 0. The molecule has 0 saturated carbocycles. The van der Waals surface area contributed by atoms with Crippen LogP contribution in [0.1, 0.15) is 11.5 Å². The number of rotatable bonds is 4. The molecule has 4 rings (SSSR count). The van der Waals surface area contributed by atoms with Gasteiger partial charge < -0.3 is 10.2 Å². The number of hydrogen-bond donors (Lipinski definition) is 1. The molecule has 1 aliphatic heterocycles. The lowest BCUT2D eigenvalue weighted by atomic mass is 9.88. The number of anilines is 1. The summed E-state index contributed by atoms with van der Waals surface area (Å²) in [5.41, 5.74) is 4.13. The van der Waals surface area contributed by atoms with E-state index in [1.165, 1.54) is 5.56 Å². The fourth-order valence-electron chi connectivity index (χ4n) is 3.85. The molecule has 3 aromatic rings. The maximum atomic E-state index is 13.0. The fourth-order valence-corrected chi connectivity index (χ4v) is 3.85. The number of hydrogen-bond acceptors (Lipinski definition) is 3. The van der Waals surface area contributed by atoms with Gasteiger partial charge in [-0.1, -0.05) is 48.5 Å². The van der Waals surface area contributed by atoms with Crippen molar-refractivity contribution in [3.05, 3.63) is 84.7 Å². The second-order valence-electron chi connectivity index (χ2n) is 7.16. The Morgan fingerprint density at radius 2 is 1.81 bits per heavy atom. The van der Waals surface area contributed by atoms with E-state index in [-0.39, 0.29) is 17.7 Å². The van der Waals surface area contributed by atoms with Crippen LogP contribution in [0.3, 0.4) is 0 Å². The van der Waals surface area contributed by atoms with E-state index in [1.807, 2.05) is 60.8 Å². The number of likely N-dealkylation sites (tertiary alicyclic amines) is 1. The van der Waals surface area contributed by atoms with E-state index in [0.717, 1.165) is 29.9 Å². The van der Waals surface area contributed by atoms with Gasteiger partial charge in [0.1, 0.15) is 0 Å². The Morgan fingerprint density at radius 1 is 1.00 bits per heavy atom. The number of aromatic nitrogens is 1. The van der Waals surface area contributed by atoms with Crippen molar-refractivity contribution in [3.8, 4) is 11.1 Å². The zero-order chi connectivity index (χ0) is 18.6. The summed E-state index contributed by atoms with van der Waals surface area (Å²) < 4.78 is 0. The Kier molecular flexibility index (Phi) is 4.99. The highest BCUT2D eigenvalue weighted by atomic mass is 16.2. The van der Waals surface area contributed by atoms with Crippen molar-refractivity contribution >= 4 is 11.6 Å². The van der Waals surface area contributed by atoms with Crippen LogP contribution < -0.4 is 5.32 Å². The maximum absolute atomic E-state index is 13.0. The van der Waals surface area contributed by atoms with Crippen LogP contribution in [-0.4, -0.2) is 35.9 Å². The maximum Gasteiger partial charge on any atom is 0.229 e. The summed E-state index contributed by atoms with van der Waals surface area (Å²) in [6.45, 7) is 1.67. The third kappa shape index (κ3) is 3.91. The predicted octanol–water partition coefficient (Wildman–Crippen LogP) is 4.03. The van der Waals surface area contributed by atoms with Gasteiger partial charge in [0, 0.05) is 42.7 Å². The minimum atomic E-state index is -0.0561. The number of carbonyl (C=O) groups excluding carboxylic acids is 1. The molecule has 2 heterocycles. The number of carbonyl (C=O) groups is 1. The van der Waals surface area contributed by atoms with Crippen LogP contribution in [0.4, 0.5) is 5.69 Å². The third-order valence-electron chi connectivity index (χ3n) is 5.19. The molecule has 4 heteroatoms. The van der Waals surface area contributed by atoms with Gasteiger partial charge in [-0.3, -0.25) is 9.78 Å². The molecule has 0 bridgehead atoms. The molecule has 0 radical (unpaired) electrons. The molecule has 2 aromatic carbocycles. The normalized spacial score (nSPS) is 19.7. The summed E-state index contributed by atoms with van der Waals surface area (Å²) in [6.07, 6.45) is 3.59. The first-order chi connectivity index (χ1) is 13.2. The highest BCUT2D eigenvalue weighted by Gasteiger charge is 2.36. The van der Waals surface area contributed by atoms with E-state index in [9.17, 15) is 4.79 Å². The fraction of sp³-hybridized carbons (Fsp3) is 0.217. The molecule has 136 valence electrons. The number of pyridine rings is 1. The topological polar surface area (TPSA) is 45.2 Å². The predicted molar refractivity (Wildman–Crippen MR) is 108 cm³/mol. The van der Waals surface area contributed by atoms with E-state index in [1.54, 1.807) is 6.20 Å². The number of nitrogens with zero attached hydrogens (tertiary/aromatic N) is 2. The minimum absolute atomic E-state index is 0.0561. The van der Waals surface area contributed by atoms with Crippen LogP contribution in [-0.2, 0) is 4.79 Å². The van der Waals surface area contributed by atoms with E-state index in [4.69, 9.17) is 0 Å². The summed E-state index contributed by atoms with van der Waals surface area (Å²) in [5, 5.41) is 3.13. The SMILES string of the molecule is CN1C[C@@H](C(=O)Nc2cccc(-c3cccnc3)c2)[C@H](c2ccccc2)C1. The molecular formula is C23H23N3O. The molecule has 1 saturated heterocycles. The lowest BCUT2D eigenvalue weighted by Gasteiger charge is -2.19. The monoisotopic (exact) mass is 357 g/mol. The van der Waals surface area contributed by atoms with Gasteiger partial charge in [-0.25, -0.2) is 0 Å². The smallest absolute Gasteiger partial charge is 0.229 e. The van der Waals surface area contributed by atoms with Crippen molar-refractivity contribution in [1.29, 1.82) is 0 Å². The van der Waals surface area contributed by atoms with Crippen molar-refractivity contribution in [1.82, 2.24) is 9.88 Å². The van der Waals surface area contributed by atoms with Gasteiger partial charge in [-0.15, -0.1) is 0 Å². The van der Waals surface area contributed by atoms with Gasteiger partial charge in [0.15, 0.2) is 0 Å². The number of amides is 1. The van der Waals surface area contributed by atoms with Gasteiger partial charge in [0.25, 0.3) is 0 Å². The standard InChI is InChI=1S/C23H23N3O/c1-26-15-21(17-7-3-2-4-8-17)22(16-26)23(27)25-20-11-5-9-18(13-20)19-10-6-12-24-14-19/h2-14,21-22H,15-16H2,1H3,(H,25,27)/t21-,22+/m0/s1. The van der Waals surface area contributed by atoms with Crippen molar-refractivity contribution in [2.45, 2.75) is 5.92 Å². The van der Waals surface area contributed by atoms with Gasteiger partial charge in [-0.2, -0.15) is 0 Å². The zero-order valence-corrected chi connectivity index (χ0v) is 15.4. The van der Waals surface area contributed by atoms with E-state index in [2.05, 4.69) is 34.4 Å². The van der Waals surface area contributed by atoms with Crippen LogP contribution in [0.15, 0.2) is 79.1 Å². The number of nitrogens with one attached hydrogen (secondary N) is 1. The largest absolute Gasteiger partial charge is 0.326 e. The summed E-state index contributed by atoms with van der Waals surface area (Å²) in [5.74, 6) is 0.244. The molecule has 1 aromatic heterocycles. The van der Waals surface area contributed by atoms with Crippen molar-refractivity contribution in [2.24, 2.45) is 5.92 Å². The summed E-state index contributed by atoms with van der Waals surface area (Å²) in [4.78, 5) is 19.4. The number of benzene rings is 2. The second-order valence-corrected chi connectivity index (χ2v) is 7.16. The molecule has 0 unspecified atom stereocenters. The summed E-state index contributed by atoms with van der Waals surface area (Å²) in [7, 11) is 2.08. The van der Waals surface area contributed by atoms with Crippen molar-refractivity contribution in [2.75, 3.05) is 25.5 Å². The minimum Gasteiger partial charge on any atom is -0.326 e. The lowest BCUT2D eigenvalue weighted by Crippen LogP contribution is -2.28. The Hall–Kier alpha value is -2.98. The molecule has 0 spiro atoms. The van der Waals surface area contributed by atoms with Crippen molar-refractivity contribution < 1.29 is 4.79 Å². The van der Waals surface area contributed by atoms with Crippen molar-refractivity contribution in [3.63, 3.8) is 0 Å². The first-order valence-electron chi connectivity index (χ1n) is 9.25. The van der Waals surface area contributed by atoms with Crippen LogP contribution in [0, 0.1) is 5.92 Å². The Balaban J connectivity index is 1.53. The van der Waals surface area contributed by atoms with Crippen LogP contribution in [0.5, 0.6) is 0 Å². The Bertz CT molecular complexity index is 911. The molecule has 0 aliphatic carbocycles. The molecule has 4 nitrogen and oxygen atoms in total. The quantitative estimate of drug-likeness (QED) is 0.767. The third-order valence-corrected chi connectivity index (χ3v) is 5.19. The van der Waals surface area contributed by atoms with Crippen LogP contribution >= 0.6 is 0 Å². The molecule has 2 atom stereocenters. The molecule has 1 aliphatic rings. The first kappa shape index (κ1) is 17.4. The Morgan fingerprint density at radius 3 is 2.59 bits per heavy atom. The van der Waals surface area contributed by atoms with E-state index >= 15 is 0 Å². The number of likely N-dealkylation sites (N-methyl/N-ethyl adjacent to an activating group) is 1. The van der Waals surface area contributed by atoms with Gasteiger partial charge in [0.2, 0.25) is 5.91 Å². The molecule has 1 N–H and O–H groups in total. The Labute approximate surface area is 159 Å². The van der Waals surface area contributed by atoms with E-state index < -0.39 is 0 Å². The average Bonchev–Trinajstić information content (AvgIpc) is 3.11. The van der Waals surface area contributed by atoms with Gasteiger partial charge >= 0.3 is 0 Å². The molecule has 1 amide bonds. The average molecular weight is 357 g/mol.